The summed E-state index contributed by atoms with van der Waals surface area (Å²) in [5.74, 6) is -0.890. The van der Waals surface area contributed by atoms with E-state index in [1.807, 2.05) is 0 Å². The monoisotopic (exact) mass is 325 g/mol. The van der Waals surface area contributed by atoms with Gasteiger partial charge < -0.3 is 4.74 Å². The molecular formula is C11H13Cl2NO4S. The first kappa shape index (κ1) is 16.1. The molecule has 0 aromatic heterocycles. The van der Waals surface area contributed by atoms with Crippen molar-refractivity contribution in [2.45, 2.75) is 6.92 Å². The minimum atomic E-state index is -3.70. The predicted octanol–water partition coefficient (Wildman–Crippen LogP) is 2.32. The molecule has 0 fully saturated rings. The molecule has 106 valence electrons. The smallest absolute Gasteiger partial charge is 0.326 e. The number of hydrogen-bond donors (Lipinski definition) is 0. The van der Waals surface area contributed by atoms with Crippen molar-refractivity contribution in [2.24, 2.45) is 0 Å². The summed E-state index contributed by atoms with van der Waals surface area (Å²) >= 11 is 11.9. The van der Waals surface area contributed by atoms with E-state index in [1.54, 1.807) is 6.07 Å². The highest BCUT2D eigenvalue weighted by atomic mass is 35.5. The third-order valence-corrected chi connectivity index (χ3v) is 4.71. The third kappa shape index (κ3) is 3.75. The van der Waals surface area contributed by atoms with Gasteiger partial charge in [0.05, 0.1) is 28.6 Å². The van der Waals surface area contributed by atoms with Gasteiger partial charge >= 0.3 is 5.97 Å². The number of esters is 1. The average molecular weight is 326 g/mol. The predicted molar refractivity (Wildman–Crippen MR) is 75.3 cm³/mol. The van der Waals surface area contributed by atoms with E-state index < -0.39 is 22.5 Å². The Labute approximate surface area is 122 Å². The van der Waals surface area contributed by atoms with Gasteiger partial charge in [0.2, 0.25) is 10.0 Å². The molecule has 0 aliphatic heterocycles. The van der Waals surface area contributed by atoms with Gasteiger partial charge in [-0.1, -0.05) is 29.3 Å². The molecule has 0 saturated carbocycles. The van der Waals surface area contributed by atoms with Crippen LogP contribution in [0.5, 0.6) is 0 Å². The Morgan fingerprint density at radius 3 is 2.26 bits per heavy atom. The molecule has 1 aromatic rings. The molecule has 1 aromatic carbocycles. The number of carbonyl (C=O) groups is 1. The molecule has 0 spiro atoms. The van der Waals surface area contributed by atoms with Crippen molar-refractivity contribution in [2.75, 3.05) is 23.7 Å². The fourth-order valence-corrected chi connectivity index (χ4v) is 3.17. The Bertz CT molecular complexity index is 554. The van der Waals surface area contributed by atoms with Crippen molar-refractivity contribution in [1.29, 1.82) is 0 Å². The van der Waals surface area contributed by atoms with E-state index in [0.29, 0.717) is 0 Å². The van der Waals surface area contributed by atoms with Crippen LogP contribution in [0.1, 0.15) is 6.92 Å². The summed E-state index contributed by atoms with van der Waals surface area (Å²) in [5, 5.41) is 0.293. The Hall–Kier alpha value is -0.980. The molecule has 5 nitrogen and oxygen atoms in total. The molecule has 0 bridgehead atoms. The normalized spacial score (nSPS) is 11.2. The number of anilines is 1. The number of nitrogens with zero attached hydrogens (tertiary/aromatic N) is 1. The zero-order chi connectivity index (χ0) is 14.6. The van der Waals surface area contributed by atoms with Gasteiger partial charge in [-0.3, -0.25) is 9.10 Å². The molecule has 0 aliphatic rings. The van der Waals surface area contributed by atoms with Crippen molar-refractivity contribution < 1.29 is 17.9 Å². The second kappa shape index (κ2) is 6.45. The van der Waals surface area contributed by atoms with Crippen molar-refractivity contribution in [3.05, 3.63) is 28.2 Å². The lowest BCUT2D eigenvalue weighted by molar-refractivity contribution is -0.138. The Balaban J connectivity index is 3.36. The maximum Gasteiger partial charge on any atom is 0.326 e. The summed E-state index contributed by atoms with van der Waals surface area (Å²) in [4.78, 5) is 11.4. The first-order valence-corrected chi connectivity index (χ1v) is 7.71. The maximum absolute atomic E-state index is 12.1. The molecule has 1 rings (SSSR count). The van der Waals surface area contributed by atoms with Crippen LogP contribution in [0.3, 0.4) is 0 Å². The highest BCUT2D eigenvalue weighted by molar-refractivity contribution is 7.92. The maximum atomic E-state index is 12.1. The van der Waals surface area contributed by atoms with E-state index in [9.17, 15) is 13.2 Å². The van der Waals surface area contributed by atoms with E-state index >= 15 is 0 Å². The zero-order valence-corrected chi connectivity index (χ0v) is 12.7. The first-order valence-electron chi connectivity index (χ1n) is 5.34. The van der Waals surface area contributed by atoms with Crippen LogP contribution in [0, 0.1) is 0 Å². The fraction of sp³-hybridized carbons (Fsp3) is 0.364. The summed E-state index contributed by atoms with van der Waals surface area (Å²) < 4.78 is 29.5. The fourth-order valence-electron chi connectivity index (χ4n) is 1.38. The topological polar surface area (TPSA) is 63.7 Å². The highest BCUT2D eigenvalue weighted by Gasteiger charge is 2.27. The standard InChI is InChI=1S/C11H13Cl2NO4S/c1-3-19(16,17)14(7-10(15)18-2)11-8(12)5-4-6-9(11)13/h4-6H,3,7H2,1-2H3. The third-order valence-electron chi connectivity index (χ3n) is 2.39. The van der Waals surface area contributed by atoms with Gasteiger partial charge in [-0.25, -0.2) is 8.42 Å². The number of ether oxygens (including phenoxy) is 1. The van der Waals surface area contributed by atoms with Crippen molar-refractivity contribution in [3.63, 3.8) is 0 Å². The van der Waals surface area contributed by atoms with E-state index in [1.165, 1.54) is 26.2 Å². The van der Waals surface area contributed by atoms with E-state index in [2.05, 4.69) is 4.74 Å². The van der Waals surface area contributed by atoms with Gasteiger partial charge in [0.25, 0.3) is 0 Å². The second-order valence-corrected chi connectivity index (χ2v) is 6.55. The van der Waals surface area contributed by atoms with Crippen LogP contribution in [-0.2, 0) is 19.6 Å². The van der Waals surface area contributed by atoms with E-state index in [0.717, 1.165) is 4.31 Å². The largest absolute Gasteiger partial charge is 0.468 e. The lowest BCUT2D eigenvalue weighted by atomic mass is 10.3. The molecule has 0 amide bonds. The van der Waals surface area contributed by atoms with Crippen LogP contribution in [0.25, 0.3) is 0 Å². The number of hydrogen-bond acceptors (Lipinski definition) is 4. The molecule has 0 atom stereocenters. The average Bonchev–Trinajstić information content (AvgIpc) is 2.36. The van der Waals surface area contributed by atoms with Crippen LogP contribution in [0.2, 0.25) is 10.0 Å². The molecule has 0 aliphatic carbocycles. The van der Waals surface area contributed by atoms with Crippen LogP contribution in [-0.4, -0.2) is 33.8 Å². The van der Waals surface area contributed by atoms with Gasteiger partial charge in [-0.15, -0.1) is 0 Å². The van der Waals surface area contributed by atoms with Gasteiger partial charge in [0, 0.05) is 0 Å². The lowest BCUT2D eigenvalue weighted by Gasteiger charge is -2.24. The minimum Gasteiger partial charge on any atom is -0.468 e. The van der Waals surface area contributed by atoms with Gasteiger partial charge in [0.1, 0.15) is 6.54 Å². The van der Waals surface area contributed by atoms with Gasteiger partial charge in [0.15, 0.2) is 0 Å². The highest BCUT2D eigenvalue weighted by Crippen LogP contribution is 2.35. The number of benzene rings is 1. The number of carbonyl (C=O) groups excluding carboxylic acids is 1. The summed E-state index contributed by atoms with van der Waals surface area (Å²) in [6, 6.07) is 4.58. The lowest BCUT2D eigenvalue weighted by Crippen LogP contribution is -2.37. The Morgan fingerprint density at radius 2 is 1.84 bits per heavy atom. The number of sulfonamides is 1. The molecule has 0 N–H and O–H groups in total. The molecule has 0 unspecified atom stereocenters. The molecule has 0 radical (unpaired) electrons. The summed E-state index contributed by atoms with van der Waals surface area (Å²) in [7, 11) is -2.53. The molecule has 0 saturated heterocycles. The summed E-state index contributed by atoms with van der Waals surface area (Å²) in [5.41, 5.74) is 0.0816. The summed E-state index contributed by atoms with van der Waals surface area (Å²) in [6.45, 7) is 0.987. The second-order valence-electron chi connectivity index (χ2n) is 3.55. The molecule has 0 heterocycles. The van der Waals surface area contributed by atoms with Crippen LogP contribution in [0.15, 0.2) is 18.2 Å². The number of rotatable bonds is 5. The van der Waals surface area contributed by atoms with Crippen LogP contribution < -0.4 is 4.31 Å². The number of methoxy groups -OCH3 is 1. The number of halogens is 2. The Kier molecular flexibility index (Phi) is 5.46. The van der Waals surface area contributed by atoms with Crippen LogP contribution >= 0.6 is 23.2 Å². The SMILES string of the molecule is CCS(=O)(=O)N(CC(=O)OC)c1c(Cl)cccc1Cl. The van der Waals surface area contributed by atoms with E-state index in [4.69, 9.17) is 23.2 Å². The van der Waals surface area contributed by atoms with Crippen molar-refractivity contribution in [1.82, 2.24) is 0 Å². The van der Waals surface area contributed by atoms with E-state index in [-0.39, 0.29) is 21.5 Å². The van der Waals surface area contributed by atoms with Gasteiger partial charge in [-0.2, -0.15) is 0 Å². The molecular weight excluding hydrogens is 313 g/mol. The first-order chi connectivity index (χ1) is 8.83. The minimum absolute atomic E-state index is 0.0816. The van der Waals surface area contributed by atoms with Crippen molar-refractivity contribution in [3.8, 4) is 0 Å². The summed E-state index contributed by atoms with van der Waals surface area (Å²) in [6.07, 6.45) is 0. The van der Waals surface area contributed by atoms with Crippen molar-refractivity contribution >= 4 is 44.9 Å². The molecule has 19 heavy (non-hydrogen) atoms. The number of para-hydroxylation sites is 1. The van der Waals surface area contributed by atoms with Crippen LogP contribution in [0.4, 0.5) is 5.69 Å². The Morgan fingerprint density at radius 1 is 1.32 bits per heavy atom. The van der Waals surface area contributed by atoms with Gasteiger partial charge in [-0.05, 0) is 19.1 Å². The molecule has 8 heteroatoms. The zero-order valence-electron chi connectivity index (χ0n) is 10.4. The quantitative estimate of drug-likeness (QED) is 0.779.